The van der Waals surface area contributed by atoms with E-state index in [9.17, 15) is 14.4 Å². The van der Waals surface area contributed by atoms with E-state index in [-0.39, 0.29) is 18.0 Å². The van der Waals surface area contributed by atoms with E-state index in [1.54, 1.807) is 17.0 Å². The van der Waals surface area contributed by atoms with Gasteiger partial charge in [0.15, 0.2) is 6.10 Å². The number of amides is 4. The van der Waals surface area contributed by atoms with Crippen LogP contribution in [0.15, 0.2) is 48.5 Å². The van der Waals surface area contributed by atoms with Crippen molar-refractivity contribution in [3.8, 4) is 0 Å². The number of hydrogen-bond acceptors (Lipinski definition) is 7. The molecule has 2 aromatic carbocycles. The standard InChI is InChI=1S/C33H45N7O4/c34-26-7-5-24(6-8-26)23-30(31(41)38-16-10-27(11-17-38)37-21-14-35-15-22-37)44-33(43)39-18-12-28(13-19-39)40-20-9-25-3-1-2-4-29(25)36-32(40)42/h1-8,27-28,30,35H,9-23,34H2,(H,36,42)/t30-/m1/s1. The van der Waals surface area contributed by atoms with Crippen LogP contribution in [0.1, 0.15) is 36.8 Å². The lowest BCUT2D eigenvalue weighted by atomic mass is 10.0. The molecule has 0 saturated carbocycles. The van der Waals surface area contributed by atoms with E-state index >= 15 is 0 Å². The average Bonchev–Trinajstić information content (AvgIpc) is 3.23. The third-order valence-electron chi connectivity index (χ3n) is 9.67. The first-order chi connectivity index (χ1) is 21.4. The molecule has 3 fully saturated rings. The molecule has 236 valence electrons. The predicted molar refractivity (Wildman–Crippen MR) is 169 cm³/mol. The van der Waals surface area contributed by atoms with Gasteiger partial charge in [0.1, 0.15) is 0 Å². The maximum absolute atomic E-state index is 13.8. The summed E-state index contributed by atoms with van der Waals surface area (Å²) in [5, 5.41) is 6.46. The highest BCUT2D eigenvalue weighted by Gasteiger charge is 2.36. The van der Waals surface area contributed by atoms with Crippen molar-refractivity contribution in [2.45, 2.75) is 56.7 Å². The number of nitrogens with zero attached hydrogens (tertiary/aromatic N) is 4. The Labute approximate surface area is 259 Å². The van der Waals surface area contributed by atoms with Gasteiger partial charge in [-0.2, -0.15) is 0 Å². The van der Waals surface area contributed by atoms with Crippen molar-refractivity contribution in [3.05, 3.63) is 59.7 Å². The normalized spacial score (nSPS) is 21.3. The number of rotatable bonds is 6. The molecule has 4 aliphatic rings. The molecular formula is C33H45N7O4. The van der Waals surface area contributed by atoms with Crippen LogP contribution in [-0.2, 0) is 22.4 Å². The maximum Gasteiger partial charge on any atom is 0.410 e. The molecule has 0 bridgehead atoms. The van der Waals surface area contributed by atoms with Crippen LogP contribution >= 0.6 is 0 Å². The van der Waals surface area contributed by atoms with Crippen LogP contribution in [0, 0.1) is 0 Å². The van der Waals surface area contributed by atoms with Crippen LogP contribution < -0.4 is 16.4 Å². The summed E-state index contributed by atoms with van der Waals surface area (Å²) in [6.07, 6.45) is 2.89. The highest BCUT2D eigenvalue weighted by molar-refractivity contribution is 5.91. The van der Waals surface area contributed by atoms with Gasteiger partial charge in [-0.3, -0.25) is 9.69 Å². The van der Waals surface area contributed by atoms with Gasteiger partial charge in [-0.1, -0.05) is 30.3 Å². The fourth-order valence-corrected chi connectivity index (χ4v) is 7.04. The van der Waals surface area contributed by atoms with E-state index in [2.05, 4.69) is 21.6 Å². The molecule has 0 radical (unpaired) electrons. The van der Waals surface area contributed by atoms with E-state index < -0.39 is 12.2 Å². The number of carbonyl (C=O) groups is 3. The molecule has 0 spiro atoms. The molecular weight excluding hydrogens is 558 g/mol. The van der Waals surface area contributed by atoms with E-state index in [1.807, 2.05) is 40.1 Å². The lowest BCUT2D eigenvalue weighted by Gasteiger charge is -2.41. The van der Waals surface area contributed by atoms with Gasteiger partial charge < -0.3 is 35.8 Å². The Morgan fingerprint density at radius 3 is 2.23 bits per heavy atom. The molecule has 44 heavy (non-hydrogen) atoms. The van der Waals surface area contributed by atoms with Crippen LogP contribution in [0.4, 0.5) is 21.0 Å². The monoisotopic (exact) mass is 603 g/mol. The number of ether oxygens (including phenoxy) is 1. The second-order valence-electron chi connectivity index (χ2n) is 12.4. The molecule has 2 aromatic rings. The van der Waals surface area contributed by atoms with Crippen molar-refractivity contribution >= 4 is 29.4 Å². The Morgan fingerprint density at radius 1 is 0.841 bits per heavy atom. The zero-order valence-corrected chi connectivity index (χ0v) is 25.5. The number of para-hydroxylation sites is 1. The van der Waals surface area contributed by atoms with Gasteiger partial charge in [-0.15, -0.1) is 0 Å². The summed E-state index contributed by atoms with van der Waals surface area (Å²) in [5.74, 6) is -0.135. The van der Waals surface area contributed by atoms with Crippen molar-refractivity contribution in [3.63, 3.8) is 0 Å². The molecule has 0 unspecified atom stereocenters. The van der Waals surface area contributed by atoms with Gasteiger partial charge in [-0.05, 0) is 61.4 Å². The number of likely N-dealkylation sites (tertiary alicyclic amines) is 2. The number of nitrogens with two attached hydrogens (primary N) is 1. The lowest BCUT2D eigenvalue weighted by molar-refractivity contribution is -0.142. The van der Waals surface area contributed by atoms with Gasteiger partial charge in [0.05, 0.1) is 0 Å². The third kappa shape index (κ3) is 7.10. The number of hydrogen-bond donors (Lipinski definition) is 3. The van der Waals surface area contributed by atoms with Crippen LogP contribution in [0.2, 0.25) is 0 Å². The van der Waals surface area contributed by atoms with E-state index in [1.165, 1.54) is 0 Å². The lowest BCUT2D eigenvalue weighted by Crippen LogP contribution is -2.54. The minimum atomic E-state index is -0.908. The first kappa shape index (κ1) is 30.2. The van der Waals surface area contributed by atoms with Gasteiger partial charge in [0, 0.05) is 88.8 Å². The van der Waals surface area contributed by atoms with Crippen LogP contribution in [-0.4, -0.2) is 115 Å². The summed E-state index contributed by atoms with van der Waals surface area (Å²) < 4.78 is 6.00. The number of benzene rings is 2. The summed E-state index contributed by atoms with van der Waals surface area (Å²) >= 11 is 0. The van der Waals surface area contributed by atoms with Crippen molar-refractivity contribution in [2.75, 3.05) is 70.0 Å². The fraction of sp³-hybridized carbons (Fsp3) is 0.545. The minimum absolute atomic E-state index is 0.0394. The first-order valence-electron chi connectivity index (χ1n) is 16.1. The van der Waals surface area contributed by atoms with Crippen LogP contribution in [0.25, 0.3) is 0 Å². The molecule has 3 saturated heterocycles. The highest BCUT2D eigenvalue weighted by atomic mass is 16.6. The van der Waals surface area contributed by atoms with E-state index in [4.69, 9.17) is 10.5 Å². The molecule has 4 amide bonds. The number of nitrogen functional groups attached to an aromatic ring is 1. The minimum Gasteiger partial charge on any atom is -0.436 e. The van der Waals surface area contributed by atoms with Gasteiger partial charge >= 0.3 is 12.1 Å². The largest absolute Gasteiger partial charge is 0.436 e. The smallest absolute Gasteiger partial charge is 0.410 e. The number of piperazine rings is 1. The Hall–Kier alpha value is -3.83. The van der Waals surface area contributed by atoms with Crippen molar-refractivity contribution in [1.82, 2.24) is 24.9 Å². The summed E-state index contributed by atoms with van der Waals surface area (Å²) in [7, 11) is 0. The molecule has 4 aliphatic heterocycles. The number of urea groups is 1. The third-order valence-corrected chi connectivity index (χ3v) is 9.67. The predicted octanol–water partition coefficient (Wildman–Crippen LogP) is 2.77. The second kappa shape index (κ2) is 13.9. The Kier molecular flexibility index (Phi) is 9.51. The Morgan fingerprint density at radius 2 is 1.50 bits per heavy atom. The molecule has 0 aliphatic carbocycles. The molecule has 0 aromatic heterocycles. The van der Waals surface area contributed by atoms with Gasteiger partial charge in [0.25, 0.3) is 5.91 Å². The average molecular weight is 604 g/mol. The van der Waals surface area contributed by atoms with Gasteiger partial charge in [-0.25, -0.2) is 9.59 Å². The second-order valence-corrected chi connectivity index (χ2v) is 12.4. The van der Waals surface area contributed by atoms with Gasteiger partial charge in [0.2, 0.25) is 0 Å². The number of nitrogens with one attached hydrogen (secondary N) is 2. The summed E-state index contributed by atoms with van der Waals surface area (Å²) in [6.45, 7) is 7.02. The van der Waals surface area contributed by atoms with Crippen molar-refractivity contribution < 1.29 is 19.1 Å². The zero-order valence-electron chi connectivity index (χ0n) is 25.5. The molecule has 11 nitrogen and oxygen atoms in total. The zero-order chi connectivity index (χ0) is 30.5. The van der Waals surface area contributed by atoms with E-state index in [0.29, 0.717) is 63.7 Å². The van der Waals surface area contributed by atoms with Crippen molar-refractivity contribution in [2.24, 2.45) is 0 Å². The quantitative estimate of drug-likeness (QED) is 0.434. The highest BCUT2D eigenvalue weighted by Crippen LogP contribution is 2.26. The molecule has 4 heterocycles. The van der Waals surface area contributed by atoms with E-state index in [0.717, 1.165) is 62.3 Å². The molecule has 1 atom stereocenters. The van der Waals surface area contributed by atoms with Crippen molar-refractivity contribution in [1.29, 1.82) is 0 Å². The Balaban J connectivity index is 1.06. The molecule has 11 heteroatoms. The topological polar surface area (TPSA) is 123 Å². The first-order valence-corrected chi connectivity index (χ1v) is 16.1. The number of fused-ring (bicyclic) bond motifs is 1. The number of piperidine rings is 2. The molecule has 6 rings (SSSR count). The Bertz CT molecular complexity index is 1300. The SMILES string of the molecule is Nc1ccc(C[C@@H](OC(=O)N2CCC(N3CCc4ccccc4NC3=O)CC2)C(=O)N2CCC(N3CCNCC3)CC2)cc1. The maximum atomic E-state index is 13.8. The number of anilines is 2. The summed E-state index contributed by atoms with van der Waals surface area (Å²) in [4.78, 5) is 48.3. The fourth-order valence-electron chi connectivity index (χ4n) is 7.04. The van der Waals surface area contributed by atoms with Crippen LogP contribution in [0.5, 0.6) is 0 Å². The number of carbonyl (C=O) groups excluding carboxylic acids is 3. The summed E-state index contributed by atoms with van der Waals surface area (Å²) in [6, 6.07) is 15.7. The van der Waals surface area contributed by atoms with Crippen LogP contribution in [0.3, 0.4) is 0 Å². The molecule has 4 N–H and O–H groups in total. The summed E-state index contributed by atoms with van der Waals surface area (Å²) in [5.41, 5.74) is 9.43.